The van der Waals surface area contributed by atoms with Crippen molar-refractivity contribution in [3.05, 3.63) is 81.8 Å². The normalized spacial score (nSPS) is 28.6. The van der Waals surface area contributed by atoms with Gasteiger partial charge in [-0.15, -0.1) is 0 Å². The third-order valence-corrected chi connectivity index (χ3v) is 7.22. The molecule has 2 aromatic rings. The maximum atomic E-state index is 13.0. The van der Waals surface area contributed by atoms with Crippen molar-refractivity contribution in [3.63, 3.8) is 0 Å². The van der Waals surface area contributed by atoms with Crippen molar-refractivity contribution in [2.45, 2.75) is 50.0 Å². The number of amides is 2. The third kappa shape index (κ3) is 6.58. The summed E-state index contributed by atoms with van der Waals surface area (Å²) >= 11 is 3.56. The standard InChI is InChI=1S/C27H32BrN3O4/c28-18-10-11-19-21(14-18)22-15-25(19)35-12-6-2-5-9-20(26(29)33)27(34)31-23(24(32)16-30-22)13-17-7-3-1-4-8-17/h1-4,6-8,10-11,14,20,22-25,30,32H,5,9,12-13,15-16H2,(H2,29,33)(H,31,34)/b6-2+/t20-,22-,23-,24+,25+/m0/s1. The molecule has 1 heterocycles. The van der Waals surface area contributed by atoms with E-state index >= 15 is 0 Å². The molecule has 0 fully saturated rings. The molecular formula is C27H32BrN3O4. The van der Waals surface area contributed by atoms with E-state index in [1.165, 1.54) is 0 Å². The van der Waals surface area contributed by atoms with E-state index in [4.69, 9.17) is 10.5 Å². The molecule has 2 amide bonds. The molecule has 8 heteroatoms. The zero-order valence-corrected chi connectivity index (χ0v) is 21.1. The topological polar surface area (TPSA) is 114 Å². The zero-order valence-electron chi connectivity index (χ0n) is 19.5. The number of β-amino-alcohol motifs (C(OH)–C–C–N with tert-alkyl or cyclic N) is 1. The summed E-state index contributed by atoms with van der Waals surface area (Å²) in [6.07, 6.45) is 4.91. The van der Waals surface area contributed by atoms with Crippen molar-refractivity contribution in [2.75, 3.05) is 13.2 Å². The van der Waals surface area contributed by atoms with E-state index in [-0.39, 0.29) is 18.7 Å². The van der Waals surface area contributed by atoms with Crippen LogP contribution >= 0.6 is 15.9 Å². The maximum Gasteiger partial charge on any atom is 0.232 e. The zero-order chi connectivity index (χ0) is 24.8. The number of allylic oxidation sites excluding steroid dienone is 1. The van der Waals surface area contributed by atoms with E-state index in [9.17, 15) is 14.7 Å². The Morgan fingerprint density at radius 1 is 1.14 bits per heavy atom. The number of benzene rings is 2. The first kappa shape index (κ1) is 25.6. The number of ether oxygens (including phenoxy) is 1. The lowest BCUT2D eigenvalue weighted by atomic mass is 9.97. The predicted molar refractivity (Wildman–Crippen MR) is 137 cm³/mol. The molecule has 2 aliphatic rings. The predicted octanol–water partition coefficient (Wildman–Crippen LogP) is 3.08. The highest BCUT2D eigenvalue weighted by Crippen LogP contribution is 2.42. The van der Waals surface area contributed by atoms with Crippen LogP contribution in [0.15, 0.2) is 65.2 Å². The van der Waals surface area contributed by atoms with Crippen LogP contribution in [-0.4, -0.2) is 42.2 Å². The summed E-state index contributed by atoms with van der Waals surface area (Å²) in [6, 6.07) is 15.3. The van der Waals surface area contributed by atoms with Gasteiger partial charge in [0.25, 0.3) is 0 Å². The van der Waals surface area contributed by atoms with Gasteiger partial charge in [0, 0.05) is 17.1 Å². The summed E-state index contributed by atoms with van der Waals surface area (Å²) in [5.74, 6) is -2.09. The molecule has 0 saturated heterocycles. The summed E-state index contributed by atoms with van der Waals surface area (Å²) in [6.45, 7) is 0.699. The molecule has 4 rings (SSSR count). The smallest absolute Gasteiger partial charge is 0.232 e. The first-order chi connectivity index (χ1) is 16.9. The fraction of sp³-hybridized carbons (Fsp3) is 0.407. The second-order valence-electron chi connectivity index (χ2n) is 9.17. The first-order valence-corrected chi connectivity index (χ1v) is 12.8. The molecular weight excluding hydrogens is 510 g/mol. The Morgan fingerprint density at radius 3 is 2.71 bits per heavy atom. The van der Waals surface area contributed by atoms with E-state index in [0.717, 1.165) is 27.6 Å². The van der Waals surface area contributed by atoms with Gasteiger partial charge in [0.05, 0.1) is 24.9 Å². The molecule has 5 atom stereocenters. The average Bonchev–Trinajstić information content (AvgIpc) is 3.17. The number of primary amides is 1. The fourth-order valence-corrected chi connectivity index (χ4v) is 5.20. The Labute approximate surface area is 214 Å². The van der Waals surface area contributed by atoms with Crippen molar-refractivity contribution in [1.82, 2.24) is 10.6 Å². The second-order valence-corrected chi connectivity index (χ2v) is 10.1. The van der Waals surface area contributed by atoms with Gasteiger partial charge in [-0.25, -0.2) is 0 Å². The quantitative estimate of drug-likeness (QED) is 0.352. The molecule has 5 N–H and O–H groups in total. The molecule has 0 radical (unpaired) electrons. The lowest BCUT2D eigenvalue weighted by molar-refractivity contribution is -0.134. The summed E-state index contributed by atoms with van der Waals surface area (Å²) in [5.41, 5.74) is 8.81. The molecule has 1 aliphatic heterocycles. The minimum atomic E-state index is -0.968. The van der Waals surface area contributed by atoms with Crippen LogP contribution in [-0.2, 0) is 20.7 Å². The third-order valence-electron chi connectivity index (χ3n) is 6.73. The minimum Gasteiger partial charge on any atom is -0.390 e. The van der Waals surface area contributed by atoms with Crippen molar-refractivity contribution in [1.29, 1.82) is 0 Å². The Bertz CT molecular complexity index is 1060. The first-order valence-electron chi connectivity index (χ1n) is 12.0. The van der Waals surface area contributed by atoms with Crippen molar-refractivity contribution < 1.29 is 19.4 Å². The minimum absolute atomic E-state index is 0.00507. The van der Waals surface area contributed by atoms with E-state index < -0.39 is 29.9 Å². The summed E-state index contributed by atoms with van der Waals surface area (Å²) in [7, 11) is 0. The van der Waals surface area contributed by atoms with E-state index in [1.54, 1.807) is 0 Å². The number of nitrogens with two attached hydrogens (primary N) is 1. The highest BCUT2D eigenvalue weighted by Gasteiger charge is 2.33. The Balaban J connectivity index is 1.59. The Hall–Kier alpha value is -2.52. The molecule has 2 aromatic carbocycles. The molecule has 186 valence electrons. The van der Waals surface area contributed by atoms with Gasteiger partial charge in [-0.05, 0) is 54.5 Å². The molecule has 0 unspecified atom stereocenters. The van der Waals surface area contributed by atoms with Gasteiger partial charge in [0.15, 0.2) is 0 Å². The average molecular weight is 542 g/mol. The van der Waals surface area contributed by atoms with Crippen LogP contribution in [0.1, 0.15) is 48.1 Å². The number of aliphatic hydroxyl groups is 1. The fourth-order valence-electron chi connectivity index (χ4n) is 4.82. The number of hydrogen-bond donors (Lipinski definition) is 4. The van der Waals surface area contributed by atoms with Crippen LogP contribution in [0.4, 0.5) is 0 Å². The van der Waals surface area contributed by atoms with Gasteiger partial charge in [-0.3, -0.25) is 9.59 Å². The lowest BCUT2D eigenvalue weighted by Gasteiger charge is -2.27. The monoisotopic (exact) mass is 541 g/mol. The molecule has 0 spiro atoms. The molecule has 2 bridgehead atoms. The highest BCUT2D eigenvalue weighted by atomic mass is 79.9. The van der Waals surface area contributed by atoms with Gasteiger partial charge in [0.2, 0.25) is 11.8 Å². The van der Waals surface area contributed by atoms with Gasteiger partial charge in [-0.2, -0.15) is 0 Å². The molecule has 0 saturated carbocycles. The van der Waals surface area contributed by atoms with Crippen LogP contribution in [0, 0.1) is 5.92 Å². The number of rotatable bonds is 3. The Kier molecular flexibility index (Phi) is 8.73. The number of hydrogen-bond acceptors (Lipinski definition) is 5. The van der Waals surface area contributed by atoms with Crippen LogP contribution in [0.2, 0.25) is 0 Å². The van der Waals surface area contributed by atoms with Crippen molar-refractivity contribution >= 4 is 27.7 Å². The molecule has 35 heavy (non-hydrogen) atoms. The van der Waals surface area contributed by atoms with Crippen LogP contribution < -0.4 is 16.4 Å². The second kappa shape index (κ2) is 11.9. The van der Waals surface area contributed by atoms with Gasteiger partial charge < -0.3 is 26.2 Å². The summed E-state index contributed by atoms with van der Waals surface area (Å²) < 4.78 is 7.13. The van der Waals surface area contributed by atoms with Gasteiger partial charge in [0.1, 0.15) is 5.92 Å². The molecule has 0 aromatic heterocycles. The summed E-state index contributed by atoms with van der Waals surface area (Å²) in [4.78, 5) is 25.1. The number of carbonyl (C=O) groups is 2. The highest BCUT2D eigenvalue weighted by molar-refractivity contribution is 9.10. The van der Waals surface area contributed by atoms with Crippen LogP contribution in [0.3, 0.4) is 0 Å². The number of halogens is 1. The SMILES string of the molecule is NC(=O)[C@@H]1CC/C=C/CO[C@@H]2C[C@H](NC[C@@H](O)[C@H](Cc3ccccc3)NC1=O)c1cc(Br)ccc12. The van der Waals surface area contributed by atoms with Crippen molar-refractivity contribution in [3.8, 4) is 0 Å². The number of fused-ring (bicyclic) bond motifs is 5. The number of nitrogens with one attached hydrogen (secondary N) is 2. The van der Waals surface area contributed by atoms with E-state index in [0.29, 0.717) is 25.9 Å². The lowest BCUT2D eigenvalue weighted by Crippen LogP contribution is -2.52. The van der Waals surface area contributed by atoms with Gasteiger partial charge >= 0.3 is 0 Å². The summed E-state index contributed by atoms with van der Waals surface area (Å²) in [5, 5.41) is 17.6. The van der Waals surface area contributed by atoms with E-state index in [2.05, 4.69) is 38.7 Å². The Morgan fingerprint density at radius 2 is 1.94 bits per heavy atom. The number of aliphatic hydroxyl groups excluding tert-OH is 1. The molecule has 7 nitrogen and oxygen atoms in total. The van der Waals surface area contributed by atoms with Gasteiger partial charge in [-0.1, -0.05) is 64.5 Å². The largest absolute Gasteiger partial charge is 0.390 e. The maximum absolute atomic E-state index is 13.0. The van der Waals surface area contributed by atoms with E-state index in [1.807, 2.05) is 48.6 Å². The van der Waals surface area contributed by atoms with Crippen LogP contribution in [0.5, 0.6) is 0 Å². The number of carbonyl (C=O) groups excluding carboxylic acids is 2. The van der Waals surface area contributed by atoms with Crippen molar-refractivity contribution in [2.24, 2.45) is 11.7 Å². The molecule has 1 aliphatic carbocycles. The van der Waals surface area contributed by atoms with Crippen LogP contribution in [0.25, 0.3) is 0 Å².